The van der Waals surface area contributed by atoms with Gasteiger partial charge in [-0.2, -0.15) is 0 Å². The second-order valence-corrected chi connectivity index (χ2v) is 6.29. The summed E-state index contributed by atoms with van der Waals surface area (Å²) in [6.45, 7) is 2.35. The summed E-state index contributed by atoms with van der Waals surface area (Å²) in [5.74, 6) is 0.310. The van der Waals surface area contributed by atoms with Crippen molar-refractivity contribution in [1.29, 1.82) is 0 Å². The number of rotatable bonds is 2. The van der Waals surface area contributed by atoms with Crippen LogP contribution in [0.4, 0.5) is 5.69 Å². The standard InChI is InChI=1S/C20H20N2O4/c23-19(15-6-2-1-3-7-15)22-14-18(20(24)21-10-12-25-13-11-21)26-17-9-5-4-8-16(17)22/h1-9,18H,10-14H2/t18-/m1/s1. The molecule has 134 valence electrons. The van der Waals surface area contributed by atoms with E-state index in [2.05, 4.69) is 0 Å². The van der Waals surface area contributed by atoms with Gasteiger partial charge >= 0.3 is 0 Å². The van der Waals surface area contributed by atoms with Crippen molar-refractivity contribution in [3.63, 3.8) is 0 Å². The lowest BCUT2D eigenvalue weighted by atomic mass is 10.1. The maximum absolute atomic E-state index is 13.0. The molecule has 4 rings (SSSR count). The highest BCUT2D eigenvalue weighted by Gasteiger charge is 2.36. The highest BCUT2D eigenvalue weighted by molar-refractivity contribution is 6.07. The highest BCUT2D eigenvalue weighted by atomic mass is 16.5. The molecule has 2 aromatic carbocycles. The molecule has 0 spiro atoms. The number of ether oxygens (including phenoxy) is 2. The fourth-order valence-electron chi connectivity index (χ4n) is 3.28. The third-order valence-electron chi connectivity index (χ3n) is 4.64. The largest absolute Gasteiger partial charge is 0.476 e. The van der Waals surface area contributed by atoms with Gasteiger partial charge in [-0.1, -0.05) is 30.3 Å². The van der Waals surface area contributed by atoms with E-state index >= 15 is 0 Å². The Morgan fingerprint density at radius 1 is 0.923 bits per heavy atom. The second kappa shape index (κ2) is 7.17. The Labute approximate surface area is 151 Å². The predicted octanol–water partition coefficient (Wildman–Crippen LogP) is 1.95. The van der Waals surface area contributed by atoms with Crippen molar-refractivity contribution in [2.45, 2.75) is 6.10 Å². The van der Waals surface area contributed by atoms with Crippen LogP contribution >= 0.6 is 0 Å². The molecule has 0 bridgehead atoms. The second-order valence-electron chi connectivity index (χ2n) is 6.29. The zero-order valence-electron chi connectivity index (χ0n) is 14.3. The fraction of sp³-hybridized carbons (Fsp3) is 0.300. The number of carbonyl (C=O) groups excluding carboxylic acids is 2. The molecule has 2 aromatic rings. The average Bonchev–Trinajstić information content (AvgIpc) is 2.73. The number of hydrogen-bond acceptors (Lipinski definition) is 4. The van der Waals surface area contributed by atoms with E-state index in [1.807, 2.05) is 36.4 Å². The van der Waals surface area contributed by atoms with E-state index in [0.29, 0.717) is 43.3 Å². The molecule has 2 amide bonds. The monoisotopic (exact) mass is 352 g/mol. The summed E-state index contributed by atoms with van der Waals surface area (Å²) in [6.07, 6.45) is -0.712. The quantitative estimate of drug-likeness (QED) is 0.829. The first-order valence-electron chi connectivity index (χ1n) is 8.73. The number of nitrogens with zero attached hydrogens (tertiary/aromatic N) is 2. The molecule has 2 aliphatic heterocycles. The van der Waals surface area contributed by atoms with Gasteiger partial charge in [-0.15, -0.1) is 0 Å². The van der Waals surface area contributed by atoms with Gasteiger partial charge in [0.15, 0.2) is 6.10 Å². The first-order chi connectivity index (χ1) is 12.7. The number of carbonyl (C=O) groups is 2. The Kier molecular flexibility index (Phi) is 4.58. The van der Waals surface area contributed by atoms with Gasteiger partial charge in [-0.05, 0) is 24.3 Å². The Balaban J connectivity index is 1.63. The van der Waals surface area contributed by atoms with Crippen LogP contribution in [0, 0.1) is 0 Å². The van der Waals surface area contributed by atoms with Crippen LogP contribution in [0.3, 0.4) is 0 Å². The molecule has 2 heterocycles. The number of benzene rings is 2. The summed E-state index contributed by atoms with van der Waals surface area (Å²) in [6, 6.07) is 16.4. The van der Waals surface area contributed by atoms with E-state index in [9.17, 15) is 9.59 Å². The molecule has 26 heavy (non-hydrogen) atoms. The molecule has 0 aromatic heterocycles. The van der Waals surface area contributed by atoms with Gasteiger partial charge in [0, 0.05) is 18.7 Å². The minimum atomic E-state index is -0.712. The zero-order valence-corrected chi connectivity index (χ0v) is 14.3. The predicted molar refractivity (Wildman–Crippen MR) is 96.4 cm³/mol. The van der Waals surface area contributed by atoms with Crippen molar-refractivity contribution < 1.29 is 19.1 Å². The molecule has 0 unspecified atom stereocenters. The molecule has 1 atom stereocenters. The molecular weight excluding hydrogens is 332 g/mol. The number of amides is 2. The number of morpholine rings is 1. The summed E-state index contributed by atoms with van der Waals surface area (Å²) in [7, 11) is 0. The van der Waals surface area contributed by atoms with Crippen molar-refractivity contribution >= 4 is 17.5 Å². The lowest BCUT2D eigenvalue weighted by Crippen LogP contribution is -2.54. The zero-order chi connectivity index (χ0) is 17.9. The van der Waals surface area contributed by atoms with Crippen molar-refractivity contribution in [2.75, 3.05) is 37.7 Å². The Hall–Kier alpha value is -2.86. The van der Waals surface area contributed by atoms with Crippen LogP contribution in [0.25, 0.3) is 0 Å². The van der Waals surface area contributed by atoms with E-state index in [-0.39, 0.29) is 18.4 Å². The fourth-order valence-corrected chi connectivity index (χ4v) is 3.28. The first-order valence-corrected chi connectivity index (χ1v) is 8.73. The lowest BCUT2D eigenvalue weighted by molar-refractivity contribution is -0.142. The smallest absolute Gasteiger partial charge is 0.265 e. The van der Waals surface area contributed by atoms with Crippen LogP contribution in [-0.2, 0) is 9.53 Å². The molecule has 1 saturated heterocycles. The number of para-hydroxylation sites is 2. The molecule has 6 nitrogen and oxygen atoms in total. The molecule has 0 saturated carbocycles. The van der Waals surface area contributed by atoms with Crippen LogP contribution in [0.15, 0.2) is 54.6 Å². The van der Waals surface area contributed by atoms with Crippen LogP contribution in [-0.4, -0.2) is 55.7 Å². The molecular formula is C20H20N2O4. The van der Waals surface area contributed by atoms with Crippen LogP contribution in [0.5, 0.6) is 5.75 Å². The van der Waals surface area contributed by atoms with Gasteiger partial charge in [0.25, 0.3) is 11.8 Å². The number of hydrogen-bond donors (Lipinski definition) is 0. The van der Waals surface area contributed by atoms with Crippen molar-refractivity contribution in [3.05, 3.63) is 60.2 Å². The van der Waals surface area contributed by atoms with E-state index in [1.54, 1.807) is 28.0 Å². The average molecular weight is 352 g/mol. The number of anilines is 1. The topological polar surface area (TPSA) is 59.1 Å². The minimum absolute atomic E-state index is 0.103. The summed E-state index contributed by atoms with van der Waals surface area (Å²) in [5, 5.41) is 0. The molecule has 2 aliphatic rings. The Morgan fingerprint density at radius 2 is 1.62 bits per heavy atom. The van der Waals surface area contributed by atoms with E-state index in [0.717, 1.165) is 0 Å². The SMILES string of the molecule is O=C([C@H]1CN(C(=O)c2ccccc2)c2ccccc2O1)N1CCOCC1. The van der Waals surface area contributed by atoms with Gasteiger partial charge in [0.1, 0.15) is 5.75 Å². The van der Waals surface area contributed by atoms with Gasteiger partial charge < -0.3 is 19.3 Å². The van der Waals surface area contributed by atoms with Crippen LogP contribution in [0.1, 0.15) is 10.4 Å². The number of fused-ring (bicyclic) bond motifs is 1. The van der Waals surface area contributed by atoms with Gasteiger partial charge in [0.05, 0.1) is 25.4 Å². The normalized spacial score (nSPS) is 19.5. The molecule has 0 N–H and O–H groups in total. The van der Waals surface area contributed by atoms with E-state index in [1.165, 1.54) is 0 Å². The third kappa shape index (κ3) is 3.15. The van der Waals surface area contributed by atoms with Gasteiger partial charge in [0.2, 0.25) is 0 Å². The van der Waals surface area contributed by atoms with Gasteiger partial charge in [-0.25, -0.2) is 0 Å². The Bertz CT molecular complexity index is 802. The van der Waals surface area contributed by atoms with Crippen molar-refractivity contribution in [2.24, 2.45) is 0 Å². The van der Waals surface area contributed by atoms with E-state index in [4.69, 9.17) is 9.47 Å². The molecule has 0 aliphatic carbocycles. The maximum Gasteiger partial charge on any atom is 0.265 e. The van der Waals surface area contributed by atoms with Crippen molar-refractivity contribution in [3.8, 4) is 5.75 Å². The summed E-state index contributed by atoms with van der Waals surface area (Å²) < 4.78 is 11.2. The third-order valence-corrected chi connectivity index (χ3v) is 4.64. The van der Waals surface area contributed by atoms with E-state index < -0.39 is 6.10 Å². The first kappa shape index (κ1) is 16.6. The highest BCUT2D eigenvalue weighted by Crippen LogP contribution is 2.34. The van der Waals surface area contributed by atoms with Crippen molar-refractivity contribution in [1.82, 2.24) is 4.90 Å². The molecule has 6 heteroatoms. The summed E-state index contributed by atoms with van der Waals surface area (Å²) in [5.41, 5.74) is 1.27. The minimum Gasteiger partial charge on any atom is -0.476 e. The van der Waals surface area contributed by atoms with Gasteiger partial charge in [-0.3, -0.25) is 9.59 Å². The lowest BCUT2D eigenvalue weighted by Gasteiger charge is -2.37. The van der Waals surface area contributed by atoms with Crippen LogP contribution < -0.4 is 9.64 Å². The Morgan fingerprint density at radius 3 is 2.38 bits per heavy atom. The van der Waals surface area contributed by atoms with Crippen LogP contribution in [0.2, 0.25) is 0 Å². The summed E-state index contributed by atoms with van der Waals surface area (Å²) >= 11 is 0. The molecule has 1 fully saturated rings. The maximum atomic E-state index is 13.0. The summed E-state index contributed by atoms with van der Waals surface area (Å²) in [4.78, 5) is 29.3. The molecule has 0 radical (unpaired) electrons.